The van der Waals surface area contributed by atoms with Crippen molar-refractivity contribution in [3.05, 3.63) is 0 Å². The van der Waals surface area contributed by atoms with Crippen molar-refractivity contribution >= 4 is 11.8 Å². The number of aliphatic hydroxyl groups excluding tert-OH is 1. The molecule has 0 aromatic rings. The second-order valence-corrected chi connectivity index (χ2v) is 2.80. The van der Waals surface area contributed by atoms with Crippen molar-refractivity contribution in [1.82, 2.24) is 0 Å². The standard InChI is InChI=1S/C7H10O4/c8-5-2-1-4(7(10)11)3-6(5)9/h4-5,8H,1-3H2,(H,10,11)/t4-,5-/m0/s1. The lowest BCUT2D eigenvalue weighted by Gasteiger charge is -2.20. The van der Waals surface area contributed by atoms with Crippen molar-refractivity contribution in [1.29, 1.82) is 0 Å². The molecule has 2 atom stereocenters. The molecular weight excluding hydrogens is 148 g/mol. The predicted octanol–water partition coefficient (Wildman–Crippen LogP) is -0.199. The van der Waals surface area contributed by atoms with Crippen LogP contribution in [0.1, 0.15) is 19.3 Å². The SMILES string of the molecule is O=C(O)[C@H]1CC[C@H](O)C(=O)C1. The molecule has 0 amide bonds. The molecule has 1 aliphatic rings. The normalized spacial score (nSPS) is 31.9. The van der Waals surface area contributed by atoms with Gasteiger partial charge in [0.05, 0.1) is 5.92 Å². The number of aliphatic carboxylic acids is 1. The van der Waals surface area contributed by atoms with Crippen molar-refractivity contribution in [3.63, 3.8) is 0 Å². The van der Waals surface area contributed by atoms with Crippen LogP contribution in [0.15, 0.2) is 0 Å². The van der Waals surface area contributed by atoms with Crippen LogP contribution in [0.2, 0.25) is 0 Å². The maximum Gasteiger partial charge on any atom is 0.306 e. The summed E-state index contributed by atoms with van der Waals surface area (Å²) >= 11 is 0. The van der Waals surface area contributed by atoms with Crippen molar-refractivity contribution in [2.45, 2.75) is 25.4 Å². The minimum atomic E-state index is -0.940. The first-order chi connectivity index (χ1) is 5.11. The molecule has 4 heteroatoms. The monoisotopic (exact) mass is 158 g/mol. The number of hydrogen-bond acceptors (Lipinski definition) is 3. The Hall–Kier alpha value is -0.900. The average Bonchev–Trinajstić information content (AvgIpc) is 1.94. The van der Waals surface area contributed by atoms with E-state index >= 15 is 0 Å². The smallest absolute Gasteiger partial charge is 0.306 e. The number of carboxylic acid groups (broad SMARTS) is 1. The predicted molar refractivity (Wildman–Crippen MR) is 36.0 cm³/mol. The fourth-order valence-corrected chi connectivity index (χ4v) is 1.21. The molecule has 2 N–H and O–H groups in total. The minimum absolute atomic E-state index is 0.0174. The van der Waals surface area contributed by atoms with Crippen LogP contribution in [-0.4, -0.2) is 28.1 Å². The molecule has 11 heavy (non-hydrogen) atoms. The Morgan fingerprint density at radius 2 is 2.09 bits per heavy atom. The van der Waals surface area contributed by atoms with Gasteiger partial charge in [-0.2, -0.15) is 0 Å². The Labute approximate surface area is 63.8 Å². The minimum Gasteiger partial charge on any atom is -0.481 e. The highest BCUT2D eigenvalue weighted by molar-refractivity contribution is 5.88. The highest BCUT2D eigenvalue weighted by Gasteiger charge is 2.30. The lowest BCUT2D eigenvalue weighted by Crippen LogP contribution is -2.32. The van der Waals surface area contributed by atoms with Gasteiger partial charge in [-0.25, -0.2) is 0 Å². The largest absolute Gasteiger partial charge is 0.481 e. The van der Waals surface area contributed by atoms with E-state index < -0.39 is 18.0 Å². The fraction of sp³-hybridized carbons (Fsp3) is 0.714. The zero-order valence-corrected chi connectivity index (χ0v) is 5.99. The summed E-state index contributed by atoms with van der Waals surface area (Å²) in [7, 11) is 0. The van der Waals surface area contributed by atoms with E-state index in [4.69, 9.17) is 10.2 Å². The van der Waals surface area contributed by atoms with Gasteiger partial charge in [-0.3, -0.25) is 9.59 Å². The third kappa shape index (κ3) is 1.77. The zero-order chi connectivity index (χ0) is 8.43. The van der Waals surface area contributed by atoms with Crippen LogP contribution in [0, 0.1) is 5.92 Å². The Morgan fingerprint density at radius 3 is 2.55 bits per heavy atom. The van der Waals surface area contributed by atoms with Gasteiger partial charge in [0.2, 0.25) is 0 Å². The molecule has 62 valence electrons. The summed E-state index contributed by atoms with van der Waals surface area (Å²) in [4.78, 5) is 21.2. The van der Waals surface area contributed by atoms with Gasteiger partial charge in [-0.15, -0.1) is 0 Å². The van der Waals surface area contributed by atoms with Crippen molar-refractivity contribution < 1.29 is 19.8 Å². The summed E-state index contributed by atoms with van der Waals surface area (Å²) < 4.78 is 0. The molecule has 0 aliphatic heterocycles. The molecule has 0 bridgehead atoms. The lowest BCUT2D eigenvalue weighted by atomic mass is 9.87. The molecule has 0 heterocycles. The Morgan fingerprint density at radius 1 is 1.45 bits per heavy atom. The van der Waals surface area contributed by atoms with Gasteiger partial charge in [0.15, 0.2) is 5.78 Å². The van der Waals surface area contributed by atoms with Gasteiger partial charge in [0.1, 0.15) is 6.10 Å². The number of rotatable bonds is 1. The van der Waals surface area contributed by atoms with Gasteiger partial charge in [0, 0.05) is 6.42 Å². The molecule has 0 aromatic heterocycles. The van der Waals surface area contributed by atoms with Crippen LogP contribution >= 0.6 is 0 Å². The number of aliphatic hydroxyl groups is 1. The summed E-state index contributed by atoms with van der Waals surface area (Å²) in [5, 5.41) is 17.4. The summed E-state index contributed by atoms with van der Waals surface area (Å²) in [5.41, 5.74) is 0. The number of carbonyl (C=O) groups excluding carboxylic acids is 1. The third-order valence-electron chi connectivity index (χ3n) is 1.96. The molecule has 1 saturated carbocycles. The second kappa shape index (κ2) is 3.00. The molecule has 1 fully saturated rings. The summed E-state index contributed by atoms with van der Waals surface area (Å²) in [6.07, 6.45) is -0.250. The highest BCUT2D eigenvalue weighted by atomic mass is 16.4. The maximum atomic E-state index is 10.8. The molecule has 4 nitrogen and oxygen atoms in total. The summed E-state index contributed by atoms with van der Waals surface area (Å²) in [6.45, 7) is 0. The number of ketones is 1. The summed E-state index contributed by atoms with van der Waals surface area (Å²) in [5.74, 6) is -1.86. The number of Topliss-reactive ketones (excluding diaryl/α,β-unsaturated/α-hetero) is 1. The first kappa shape index (κ1) is 8.20. The van der Waals surface area contributed by atoms with E-state index in [2.05, 4.69) is 0 Å². The first-order valence-electron chi connectivity index (χ1n) is 3.55. The highest BCUT2D eigenvalue weighted by Crippen LogP contribution is 2.21. The van der Waals surface area contributed by atoms with E-state index in [0.29, 0.717) is 6.42 Å². The van der Waals surface area contributed by atoms with Crippen LogP contribution in [0.5, 0.6) is 0 Å². The quantitative estimate of drug-likeness (QED) is 0.554. The maximum absolute atomic E-state index is 10.8. The van der Waals surface area contributed by atoms with Crippen molar-refractivity contribution in [2.75, 3.05) is 0 Å². The van der Waals surface area contributed by atoms with Gasteiger partial charge in [0.25, 0.3) is 0 Å². The van der Waals surface area contributed by atoms with E-state index in [1.165, 1.54) is 0 Å². The van der Waals surface area contributed by atoms with Gasteiger partial charge >= 0.3 is 5.97 Å². The number of hydrogen-bond donors (Lipinski definition) is 2. The van der Waals surface area contributed by atoms with Crippen LogP contribution in [0.3, 0.4) is 0 Å². The van der Waals surface area contributed by atoms with Gasteiger partial charge in [-0.05, 0) is 12.8 Å². The van der Waals surface area contributed by atoms with Crippen molar-refractivity contribution in [3.8, 4) is 0 Å². The van der Waals surface area contributed by atoms with Crippen LogP contribution < -0.4 is 0 Å². The fourth-order valence-electron chi connectivity index (χ4n) is 1.21. The Balaban J connectivity index is 2.53. The Bertz CT molecular complexity index is 187. The zero-order valence-electron chi connectivity index (χ0n) is 5.99. The van der Waals surface area contributed by atoms with E-state index in [1.54, 1.807) is 0 Å². The van der Waals surface area contributed by atoms with Crippen LogP contribution in [0.25, 0.3) is 0 Å². The topological polar surface area (TPSA) is 74.6 Å². The van der Waals surface area contributed by atoms with E-state index in [-0.39, 0.29) is 18.6 Å². The molecular formula is C7H10O4. The molecule has 1 rings (SSSR count). The second-order valence-electron chi connectivity index (χ2n) is 2.80. The Kier molecular flexibility index (Phi) is 2.24. The average molecular weight is 158 g/mol. The van der Waals surface area contributed by atoms with Crippen LogP contribution in [-0.2, 0) is 9.59 Å². The molecule has 1 aliphatic carbocycles. The number of carbonyl (C=O) groups is 2. The molecule has 0 unspecified atom stereocenters. The molecule has 0 spiro atoms. The lowest BCUT2D eigenvalue weighted by molar-refractivity contribution is -0.147. The van der Waals surface area contributed by atoms with E-state index in [1.807, 2.05) is 0 Å². The van der Waals surface area contributed by atoms with Crippen molar-refractivity contribution in [2.24, 2.45) is 5.92 Å². The summed E-state index contributed by atoms with van der Waals surface area (Å²) in [6, 6.07) is 0. The molecule has 0 radical (unpaired) electrons. The number of carboxylic acids is 1. The van der Waals surface area contributed by atoms with Crippen LogP contribution in [0.4, 0.5) is 0 Å². The third-order valence-corrected chi connectivity index (χ3v) is 1.96. The van der Waals surface area contributed by atoms with Gasteiger partial charge < -0.3 is 10.2 Å². The first-order valence-corrected chi connectivity index (χ1v) is 3.55. The van der Waals surface area contributed by atoms with Gasteiger partial charge in [-0.1, -0.05) is 0 Å². The van der Waals surface area contributed by atoms with E-state index in [9.17, 15) is 9.59 Å². The van der Waals surface area contributed by atoms with E-state index in [0.717, 1.165) is 0 Å². The molecule has 0 aromatic carbocycles. The molecule has 0 saturated heterocycles.